The molecule has 0 atom stereocenters. The number of ether oxygens (including phenoxy) is 1. The van der Waals surface area contributed by atoms with Crippen LogP contribution in [-0.4, -0.2) is 28.3 Å². The summed E-state index contributed by atoms with van der Waals surface area (Å²) in [6, 6.07) is 10.1. The van der Waals surface area contributed by atoms with Crippen molar-refractivity contribution in [3.63, 3.8) is 0 Å². The zero-order chi connectivity index (χ0) is 15.1. The summed E-state index contributed by atoms with van der Waals surface area (Å²) in [5.74, 6) is 0.877. The maximum absolute atomic E-state index is 5.85. The highest BCUT2D eigenvalue weighted by Gasteiger charge is 2.24. The van der Waals surface area contributed by atoms with Gasteiger partial charge < -0.3 is 10.1 Å². The van der Waals surface area contributed by atoms with E-state index < -0.39 is 0 Å². The first-order valence-electron chi connectivity index (χ1n) is 7.55. The predicted molar refractivity (Wildman–Crippen MR) is 87.3 cm³/mol. The normalized spacial score (nSPS) is 14.3. The Hall–Kier alpha value is -2.56. The molecule has 1 aliphatic rings. The second kappa shape index (κ2) is 5.02. The molecule has 3 aromatic rings. The number of aryl methyl sites for hydroxylation is 1. The number of benzene rings is 1. The summed E-state index contributed by atoms with van der Waals surface area (Å²) in [5.41, 5.74) is 4.70. The van der Waals surface area contributed by atoms with Gasteiger partial charge in [0.25, 0.3) is 0 Å². The number of H-pyrrole nitrogens is 1. The molecule has 0 aliphatic heterocycles. The van der Waals surface area contributed by atoms with Gasteiger partial charge in [0.05, 0.1) is 23.0 Å². The minimum atomic E-state index is 0.385. The molecule has 0 saturated heterocycles. The molecule has 0 amide bonds. The molecule has 1 aromatic carbocycles. The van der Waals surface area contributed by atoms with Crippen LogP contribution in [0.25, 0.3) is 22.3 Å². The van der Waals surface area contributed by atoms with E-state index in [0.29, 0.717) is 6.10 Å². The molecular formula is C17H18N4O. The van der Waals surface area contributed by atoms with Crippen molar-refractivity contribution >= 4 is 16.6 Å². The van der Waals surface area contributed by atoms with Gasteiger partial charge in [0.1, 0.15) is 11.4 Å². The zero-order valence-corrected chi connectivity index (χ0v) is 12.7. The number of anilines is 1. The molecule has 0 unspecified atom stereocenters. The maximum Gasteiger partial charge on any atom is 0.140 e. The smallest absolute Gasteiger partial charge is 0.140 e. The number of pyridine rings is 1. The lowest BCUT2D eigenvalue weighted by Gasteiger charge is -2.08. The average molecular weight is 294 g/mol. The van der Waals surface area contributed by atoms with Gasteiger partial charge in [-0.15, -0.1) is 0 Å². The van der Waals surface area contributed by atoms with Crippen molar-refractivity contribution in [2.75, 3.05) is 12.4 Å². The fraction of sp³-hybridized carbons (Fsp3) is 0.294. The van der Waals surface area contributed by atoms with Gasteiger partial charge >= 0.3 is 0 Å². The van der Waals surface area contributed by atoms with Crippen molar-refractivity contribution < 1.29 is 4.74 Å². The van der Waals surface area contributed by atoms with Gasteiger partial charge in [0.2, 0.25) is 0 Å². The summed E-state index contributed by atoms with van der Waals surface area (Å²) in [6.07, 6.45) is 2.69. The fourth-order valence-electron chi connectivity index (χ4n) is 2.53. The average Bonchev–Trinajstić information content (AvgIpc) is 3.25. The molecule has 0 bridgehead atoms. The molecule has 4 rings (SSSR count). The van der Waals surface area contributed by atoms with E-state index >= 15 is 0 Å². The summed E-state index contributed by atoms with van der Waals surface area (Å²) < 4.78 is 5.85. The Morgan fingerprint density at radius 3 is 2.82 bits per heavy atom. The number of nitrogens with one attached hydrogen (secondary N) is 2. The van der Waals surface area contributed by atoms with Crippen LogP contribution in [0.2, 0.25) is 0 Å². The van der Waals surface area contributed by atoms with E-state index in [-0.39, 0.29) is 0 Å². The molecule has 0 radical (unpaired) electrons. The van der Waals surface area contributed by atoms with Crippen LogP contribution in [0.5, 0.6) is 5.75 Å². The van der Waals surface area contributed by atoms with Crippen molar-refractivity contribution in [3.05, 3.63) is 36.0 Å². The first-order valence-corrected chi connectivity index (χ1v) is 7.55. The van der Waals surface area contributed by atoms with Gasteiger partial charge in [-0.25, -0.2) is 4.98 Å². The lowest BCUT2D eigenvalue weighted by atomic mass is 10.1. The highest BCUT2D eigenvalue weighted by atomic mass is 16.5. The molecule has 1 aliphatic carbocycles. The quantitative estimate of drug-likeness (QED) is 0.773. The maximum atomic E-state index is 5.85. The summed E-state index contributed by atoms with van der Waals surface area (Å²) in [4.78, 5) is 4.67. The SMILES string of the molecule is CNc1ccc2[nH]nc(-c3ccc(OC4CC4)c(C)n3)c2c1. The first-order chi connectivity index (χ1) is 10.7. The number of aromatic amines is 1. The van der Waals surface area contributed by atoms with Crippen LogP contribution in [-0.2, 0) is 0 Å². The van der Waals surface area contributed by atoms with E-state index in [2.05, 4.69) is 26.6 Å². The third-order valence-corrected chi connectivity index (χ3v) is 3.95. The van der Waals surface area contributed by atoms with E-state index in [1.54, 1.807) is 0 Å². The first kappa shape index (κ1) is 13.1. The Morgan fingerprint density at radius 2 is 2.09 bits per heavy atom. The molecule has 112 valence electrons. The van der Waals surface area contributed by atoms with E-state index in [9.17, 15) is 0 Å². The Bertz CT molecular complexity index is 836. The molecular weight excluding hydrogens is 276 g/mol. The molecule has 2 aromatic heterocycles. The third-order valence-electron chi connectivity index (χ3n) is 3.95. The number of aromatic nitrogens is 3. The van der Waals surface area contributed by atoms with E-state index in [0.717, 1.165) is 52.3 Å². The third kappa shape index (κ3) is 2.28. The summed E-state index contributed by atoms with van der Waals surface area (Å²) >= 11 is 0. The number of hydrogen-bond donors (Lipinski definition) is 2. The highest BCUT2D eigenvalue weighted by Crippen LogP contribution is 2.31. The Kier molecular flexibility index (Phi) is 2.99. The van der Waals surface area contributed by atoms with Crippen molar-refractivity contribution in [2.24, 2.45) is 0 Å². The Morgan fingerprint density at radius 1 is 1.23 bits per heavy atom. The minimum absolute atomic E-state index is 0.385. The lowest BCUT2D eigenvalue weighted by molar-refractivity contribution is 0.299. The van der Waals surface area contributed by atoms with Crippen LogP contribution in [0.3, 0.4) is 0 Å². The minimum Gasteiger partial charge on any atom is -0.489 e. The van der Waals surface area contributed by atoms with Crippen LogP contribution in [0.4, 0.5) is 5.69 Å². The van der Waals surface area contributed by atoms with Crippen LogP contribution in [0.1, 0.15) is 18.5 Å². The van der Waals surface area contributed by atoms with Gasteiger partial charge in [0.15, 0.2) is 0 Å². The fourth-order valence-corrected chi connectivity index (χ4v) is 2.53. The second-order valence-electron chi connectivity index (χ2n) is 5.68. The predicted octanol–water partition coefficient (Wildman–Crippen LogP) is 3.52. The van der Waals surface area contributed by atoms with Gasteiger partial charge in [-0.1, -0.05) is 0 Å². The largest absolute Gasteiger partial charge is 0.489 e. The van der Waals surface area contributed by atoms with Gasteiger partial charge in [-0.3, -0.25) is 5.10 Å². The van der Waals surface area contributed by atoms with Gasteiger partial charge in [-0.05, 0) is 50.1 Å². The lowest BCUT2D eigenvalue weighted by Crippen LogP contribution is -2.00. The van der Waals surface area contributed by atoms with Crippen molar-refractivity contribution in [1.29, 1.82) is 0 Å². The Labute approximate surface area is 128 Å². The molecule has 5 nitrogen and oxygen atoms in total. The summed E-state index contributed by atoms with van der Waals surface area (Å²) in [6.45, 7) is 1.98. The second-order valence-corrected chi connectivity index (χ2v) is 5.68. The molecule has 1 saturated carbocycles. The van der Waals surface area contributed by atoms with Gasteiger partial charge in [0, 0.05) is 18.1 Å². The molecule has 5 heteroatoms. The van der Waals surface area contributed by atoms with Crippen molar-refractivity contribution in [2.45, 2.75) is 25.9 Å². The standard InChI is InChI=1S/C17H18N4O/c1-10-16(22-12-4-5-12)8-7-15(19-10)17-13-9-11(18-2)3-6-14(13)20-21-17/h3,6-9,12,18H,4-5H2,1-2H3,(H,20,21). The topological polar surface area (TPSA) is 62.8 Å². The number of nitrogens with zero attached hydrogens (tertiary/aromatic N) is 2. The molecule has 2 N–H and O–H groups in total. The van der Waals surface area contributed by atoms with Crippen LogP contribution < -0.4 is 10.1 Å². The Balaban J connectivity index is 1.75. The highest BCUT2D eigenvalue weighted by molar-refractivity contribution is 5.94. The zero-order valence-electron chi connectivity index (χ0n) is 12.7. The van der Waals surface area contributed by atoms with Crippen LogP contribution >= 0.6 is 0 Å². The molecule has 0 spiro atoms. The molecule has 22 heavy (non-hydrogen) atoms. The number of hydrogen-bond acceptors (Lipinski definition) is 4. The monoisotopic (exact) mass is 294 g/mol. The van der Waals surface area contributed by atoms with E-state index in [4.69, 9.17) is 4.74 Å². The van der Waals surface area contributed by atoms with Crippen LogP contribution in [0, 0.1) is 6.92 Å². The summed E-state index contributed by atoms with van der Waals surface area (Å²) in [7, 11) is 1.91. The summed E-state index contributed by atoms with van der Waals surface area (Å²) in [5, 5.41) is 11.7. The van der Waals surface area contributed by atoms with E-state index in [1.165, 1.54) is 0 Å². The molecule has 2 heterocycles. The number of rotatable bonds is 4. The van der Waals surface area contributed by atoms with E-state index in [1.807, 2.05) is 38.2 Å². The number of fused-ring (bicyclic) bond motifs is 1. The van der Waals surface area contributed by atoms with Crippen molar-refractivity contribution in [1.82, 2.24) is 15.2 Å². The van der Waals surface area contributed by atoms with Crippen LogP contribution in [0.15, 0.2) is 30.3 Å². The molecule has 1 fully saturated rings. The van der Waals surface area contributed by atoms with Crippen molar-refractivity contribution in [3.8, 4) is 17.1 Å². The van der Waals surface area contributed by atoms with Gasteiger partial charge in [-0.2, -0.15) is 5.10 Å².